The standard InChI is InChI=1S/C21H43N5O3/c1-11-16(4)23-19(22-14-18(27)25(8)9)26(10)13-12-17(15(2)3)24-20(28)29-21(5,6)7/h15-17H,11-14H2,1-10H3,(H,22,23)(H,24,28). The number of amides is 2. The molecule has 2 N–H and O–H groups in total. The second-order valence-corrected chi connectivity index (χ2v) is 9.09. The number of alkyl carbamates (subject to hydrolysis) is 1. The third kappa shape index (κ3) is 12.2. The molecule has 2 atom stereocenters. The predicted octanol–water partition coefficient (Wildman–Crippen LogP) is 2.69. The Balaban J connectivity index is 5.05. The maximum Gasteiger partial charge on any atom is 0.407 e. The normalized spacial score (nSPS) is 14.2. The number of carbonyl (C=O) groups excluding carboxylic acids is 2. The van der Waals surface area contributed by atoms with E-state index in [4.69, 9.17) is 4.74 Å². The Bertz CT molecular complexity index is 541. The third-order valence-corrected chi connectivity index (χ3v) is 4.49. The van der Waals surface area contributed by atoms with Crippen molar-refractivity contribution in [3.63, 3.8) is 0 Å². The van der Waals surface area contributed by atoms with E-state index in [1.54, 1.807) is 14.1 Å². The molecular formula is C21H43N5O3. The van der Waals surface area contributed by atoms with E-state index in [-0.39, 0.29) is 30.5 Å². The minimum Gasteiger partial charge on any atom is -0.444 e. The second kappa shape index (κ2) is 12.5. The minimum atomic E-state index is -0.526. The molecule has 0 rings (SSSR count). The molecule has 0 saturated heterocycles. The van der Waals surface area contributed by atoms with Gasteiger partial charge < -0.3 is 25.2 Å². The van der Waals surface area contributed by atoms with Crippen molar-refractivity contribution in [1.82, 2.24) is 20.4 Å². The summed E-state index contributed by atoms with van der Waals surface area (Å²) in [7, 11) is 5.39. The molecule has 8 nitrogen and oxygen atoms in total. The van der Waals surface area contributed by atoms with Crippen LogP contribution in [-0.4, -0.2) is 79.7 Å². The van der Waals surface area contributed by atoms with Gasteiger partial charge in [0, 0.05) is 39.8 Å². The van der Waals surface area contributed by atoms with Gasteiger partial charge in [0.05, 0.1) is 0 Å². The lowest BCUT2D eigenvalue weighted by Gasteiger charge is -2.29. The third-order valence-electron chi connectivity index (χ3n) is 4.49. The Morgan fingerprint density at radius 2 is 1.66 bits per heavy atom. The molecule has 0 spiro atoms. The van der Waals surface area contributed by atoms with Gasteiger partial charge in [-0.05, 0) is 46.5 Å². The number of guanidine groups is 1. The summed E-state index contributed by atoms with van der Waals surface area (Å²) in [6, 6.07) is 0.215. The molecule has 8 heteroatoms. The van der Waals surface area contributed by atoms with Gasteiger partial charge in [0.15, 0.2) is 5.96 Å². The Hall–Kier alpha value is -1.99. The molecular weight excluding hydrogens is 370 g/mol. The van der Waals surface area contributed by atoms with E-state index in [0.29, 0.717) is 12.5 Å². The molecule has 2 unspecified atom stereocenters. The molecule has 29 heavy (non-hydrogen) atoms. The van der Waals surface area contributed by atoms with Crippen LogP contribution in [-0.2, 0) is 9.53 Å². The van der Waals surface area contributed by atoms with Crippen molar-refractivity contribution in [1.29, 1.82) is 0 Å². The molecule has 0 bridgehead atoms. The Morgan fingerprint density at radius 1 is 1.07 bits per heavy atom. The number of likely N-dealkylation sites (N-methyl/N-ethyl adjacent to an activating group) is 1. The van der Waals surface area contributed by atoms with Crippen LogP contribution in [0.5, 0.6) is 0 Å². The average molecular weight is 414 g/mol. The van der Waals surface area contributed by atoms with Gasteiger partial charge in [0.25, 0.3) is 0 Å². The van der Waals surface area contributed by atoms with E-state index < -0.39 is 11.7 Å². The molecule has 0 aromatic heterocycles. The lowest BCUT2D eigenvalue weighted by molar-refractivity contribution is -0.127. The smallest absolute Gasteiger partial charge is 0.407 e. The fraction of sp³-hybridized carbons (Fsp3) is 0.857. The van der Waals surface area contributed by atoms with Crippen molar-refractivity contribution in [2.45, 2.75) is 79.0 Å². The first-order valence-corrected chi connectivity index (χ1v) is 10.5. The molecule has 2 amide bonds. The van der Waals surface area contributed by atoms with Gasteiger partial charge >= 0.3 is 6.09 Å². The van der Waals surface area contributed by atoms with Crippen LogP contribution < -0.4 is 10.6 Å². The highest BCUT2D eigenvalue weighted by Gasteiger charge is 2.22. The number of aliphatic imine (C=N–C) groups is 1. The van der Waals surface area contributed by atoms with Gasteiger partial charge in [-0.3, -0.25) is 4.79 Å². The first-order valence-electron chi connectivity index (χ1n) is 10.5. The van der Waals surface area contributed by atoms with E-state index in [2.05, 4.69) is 43.3 Å². The molecule has 0 aliphatic rings. The van der Waals surface area contributed by atoms with Crippen molar-refractivity contribution in [2.24, 2.45) is 10.9 Å². The van der Waals surface area contributed by atoms with E-state index in [1.165, 1.54) is 4.90 Å². The summed E-state index contributed by atoms with van der Waals surface area (Å²) in [6.45, 7) is 14.7. The van der Waals surface area contributed by atoms with Crippen LogP contribution in [0.4, 0.5) is 4.79 Å². The summed E-state index contributed by atoms with van der Waals surface area (Å²) in [5.74, 6) is 0.900. The van der Waals surface area contributed by atoms with Crippen molar-refractivity contribution in [3.8, 4) is 0 Å². The lowest BCUT2D eigenvalue weighted by Crippen LogP contribution is -2.47. The number of carbonyl (C=O) groups is 2. The summed E-state index contributed by atoms with van der Waals surface area (Å²) in [6.07, 6.45) is 1.28. The quantitative estimate of drug-likeness (QED) is 0.448. The zero-order valence-corrected chi connectivity index (χ0v) is 20.1. The van der Waals surface area contributed by atoms with Gasteiger partial charge in [0.2, 0.25) is 5.91 Å². The maximum atomic E-state index is 12.2. The summed E-state index contributed by atoms with van der Waals surface area (Å²) in [5.41, 5.74) is -0.526. The summed E-state index contributed by atoms with van der Waals surface area (Å²) in [4.78, 5) is 32.1. The molecule has 0 radical (unpaired) electrons. The Morgan fingerprint density at radius 3 is 2.10 bits per heavy atom. The van der Waals surface area contributed by atoms with Crippen molar-refractivity contribution >= 4 is 18.0 Å². The number of hydrogen-bond donors (Lipinski definition) is 2. The van der Waals surface area contributed by atoms with Gasteiger partial charge in [-0.1, -0.05) is 20.8 Å². The van der Waals surface area contributed by atoms with E-state index in [1.807, 2.05) is 32.7 Å². The van der Waals surface area contributed by atoms with Crippen LogP contribution >= 0.6 is 0 Å². The Kier molecular flexibility index (Phi) is 11.7. The maximum absolute atomic E-state index is 12.2. The van der Waals surface area contributed by atoms with Crippen LogP contribution in [0.15, 0.2) is 4.99 Å². The number of ether oxygens (including phenoxy) is 1. The van der Waals surface area contributed by atoms with Crippen LogP contribution in [0.25, 0.3) is 0 Å². The molecule has 0 heterocycles. The monoisotopic (exact) mass is 413 g/mol. The van der Waals surface area contributed by atoms with Gasteiger partial charge in [-0.2, -0.15) is 0 Å². The van der Waals surface area contributed by atoms with Crippen molar-refractivity contribution in [3.05, 3.63) is 0 Å². The first-order chi connectivity index (χ1) is 13.3. The fourth-order valence-electron chi connectivity index (χ4n) is 2.35. The number of nitrogens with zero attached hydrogens (tertiary/aromatic N) is 3. The van der Waals surface area contributed by atoms with Crippen molar-refractivity contribution < 1.29 is 14.3 Å². The zero-order valence-electron chi connectivity index (χ0n) is 20.1. The largest absolute Gasteiger partial charge is 0.444 e. The highest BCUT2D eigenvalue weighted by Crippen LogP contribution is 2.11. The molecule has 0 fully saturated rings. The summed E-state index contributed by atoms with van der Waals surface area (Å²) < 4.78 is 5.39. The number of hydrogen-bond acceptors (Lipinski definition) is 4. The second-order valence-electron chi connectivity index (χ2n) is 9.09. The molecule has 0 aliphatic heterocycles. The van der Waals surface area contributed by atoms with Gasteiger partial charge in [-0.15, -0.1) is 0 Å². The van der Waals surface area contributed by atoms with E-state index in [9.17, 15) is 9.59 Å². The molecule has 170 valence electrons. The molecule has 0 aliphatic carbocycles. The van der Waals surface area contributed by atoms with Crippen LogP contribution in [0.3, 0.4) is 0 Å². The van der Waals surface area contributed by atoms with Crippen molar-refractivity contribution in [2.75, 3.05) is 34.2 Å². The number of rotatable bonds is 9. The average Bonchev–Trinajstić information content (AvgIpc) is 2.59. The van der Waals surface area contributed by atoms with Crippen LogP contribution in [0, 0.1) is 5.92 Å². The van der Waals surface area contributed by atoms with E-state index >= 15 is 0 Å². The summed E-state index contributed by atoms with van der Waals surface area (Å²) in [5, 5.41) is 6.35. The van der Waals surface area contributed by atoms with Crippen LogP contribution in [0.2, 0.25) is 0 Å². The van der Waals surface area contributed by atoms with Crippen LogP contribution in [0.1, 0.15) is 61.3 Å². The fourth-order valence-corrected chi connectivity index (χ4v) is 2.35. The predicted molar refractivity (Wildman–Crippen MR) is 119 cm³/mol. The lowest BCUT2D eigenvalue weighted by atomic mass is 10.0. The van der Waals surface area contributed by atoms with Gasteiger partial charge in [-0.25, -0.2) is 9.79 Å². The Labute approximate surface area is 177 Å². The number of nitrogens with one attached hydrogen (secondary N) is 2. The summed E-state index contributed by atoms with van der Waals surface area (Å²) >= 11 is 0. The highest BCUT2D eigenvalue weighted by atomic mass is 16.6. The zero-order chi connectivity index (χ0) is 22.8. The van der Waals surface area contributed by atoms with E-state index in [0.717, 1.165) is 12.8 Å². The topological polar surface area (TPSA) is 86.3 Å². The van der Waals surface area contributed by atoms with Gasteiger partial charge in [0.1, 0.15) is 12.1 Å². The first kappa shape index (κ1) is 27.0. The molecule has 0 saturated carbocycles. The molecule has 0 aromatic carbocycles. The SMILES string of the molecule is CCC(C)NC(=NCC(=O)N(C)C)N(C)CCC(NC(=O)OC(C)(C)C)C(C)C. The molecule has 0 aromatic rings. The minimum absolute atomic E-state index is 0.0273. The highest BCUT2D eigenvalue weighted by molar-refractivity contribution is 5.84.